The van der Waals surface area contributed by atoms with Crippen molar-refractivity contribution in [2.45, 2.75) is 163 Å². The van der Waals surface area contributed by atoms with Gasteiger partial charge in [-0.3, -0.25) is 52.6 Å². The standard InChI is InChI=1S/C82H89Cl3FN13O26/c1-33(2)21-47(88-5)73(111)96-64-66(106)37-10-14-51(44(84)24-37)121-53-26-39-27-54(70(53)125-80-71(69(109)68(108)55(32-100)123-80)124-59-31-82(4,72(110)34(3)120-59)89-18-20-99-19-17-57(92-81(99)118)91-58(105)16-8-35-7-12-46(86)43(83)22-35)122-52-15-11-38(25-45(52)85)67(107)65-78(116)95-63(79(117)98-119-6)42-28-40(101)29-50(103)60(42)41-23-36(9-13-49(41)102)61(75(113)97-65)94-76(114)62(39)93-74(112)48(30-56(87)104)90-77(64)115/h7-17,19,22-29,33-34,47-48,55,59,61-69,71-72,80,88-89,100-103,106-110H,18,20-21,30-32H2,1-6H3,(H2,87,104)(H,90,115)(H,93,112)(H,94,114)(H,95,116)(H,96,111)(H,97,113)(H,98,117)(H,91,92,105,118)/b16-8+. The second-order valence-corrected chi connectivity index (χ2v) is 31.9. The number of amides is 9. The minimum absolute atomic E-state index is 0.0618. The molecule has 7 aromatic rings. The Balaban J connectivity index is 0.992. The molecule has 8 heterocycles. The first kappa shape index (κ1) is 92.5. The molecule has 9 amide bonds. The molecule has 7 aliphatic rings. The summed E-state index contributed by atoms with van der Waals surface area (Å²) in [5.41, 5.74) is 3.33. The summed E-state index contributed by atoms with van der Waals surface area (Å²) in [4.78, 5) is 154. The fourth-order valence-corrected chi connectivity index (χ4v) is 15.5. The van der Waals surface area contributed by atoms with E-state index in [0.717, 1.165) is 86.0 Å². The number of likely N-dealkylation sites (N-methyl/N-ethyl adjacent to an activating group) is 1. The number of aromatic hydroxyl groups is 3. The lowest BCUT2D eigenvalue weighted by molar-refractivity contribution is -0.334. The van der Waals surface area contributed by atoms with E-state index < -0.39 is 259 Å². The van der Waals surface area contributed by atoms with Crippen LogP contribution in [0.2, 0.25) is 15.1 Å². The van der Waals surface area contributed by atoms with Crippen LogP contribution in [0.25, 0.3) is 17.2 Å². The number of rotatable bonds is 21. The van der Waals surface area contributed by atoms with E-state index in [1.165, 1.54) is 61.1 Å². The van der Waals surface area contributed by atoms with Crippen LogP contribution in [0.15, 0.2) is 120 Å². The van der Waals surface area contributed by atoms with Crippen molar-refractivity contribution >= 4 is 99.9 Å². The lowest BCUT2D eigenvalue weighted by Crippen LogP contribution is -2.65. The average Bonchev–Trinajstić information content (AvgIpc) is 0.749. The number of ether oxygens (including phenoxy) is 6. The van der Waals surface area contributed by atoms with Crippen LogP contribution in [-0.2, 0) is 68.7 Å². The number of hydroxylamine groups is 1. The van der Waals surface area contributed by atoms with Crippen LogP contribution in [0.1, 0.15) is 111 Å². The zero-order chi connectivity index (χ0) is 90.5. The van der Waals surface area contributed by atoms with E-state index in [1.807, 2.05) is 13.8 Å². The van der Waals surface area contributed by atoms with Gasteiger partial charge in [-0.2, -0.15) is 4.98 Å². The number of phenols is 3. The zero-order valence-corrected chi connectivity index (χ0v) is 69.4. The number of nitrogens with one attached hydrogen (secondary N) is 10. The molecule has 0 aliphatic carbocycles. The third kappa shape index (κ3) is 21.0. The molecule has 39 nitrogen and oxygen atoms in total. The van der Waals surface area contributed by atoms with Crippen molar-refractivity contribution in [2.75, 3.05) is 32.6 Å². The molecule has 18 atom stereocenters. The maximum atomic E-state index is 16.3. The van der Waals surface area contributed by atoms with Crippen molar-refractivity contribution in [3.05, 3.63) is 180 Å². The Morgan fingerprint density at radius 2 is 1.39 bits per heavy atom. The summed E-state index contributed by atoms with van der Waals surface area (Å²) >= 11 is 20.2. The number of aliphatic hydroxyl groups is 6. The van der Waals surface area contributed by atoms with Crippen molar-refractivity contribution in [1.82, 2.24) is 57.6 Å². The first-order valence-electron chi connectivity index (χ1n) is 38.9. The quantitative estimate of drug-likeness (QED) is 0.0361. The van der Waals surface area contributed by atoms with Crippen LogP contribution < -0.4 is 79.0 Å². The topological polar surface area (TPSA) is 582 Å². The Morgan fingerprint density at radius 1 is 0.736 bits per heavy atom. The van der Waals surface area contributed by atoms with E-state index in [-0.39, 0.29) is 65.1 Å². The van der Waals surface area contributed by atoms with Crippen molar-refractivity contribution in [1.29, 1.82) is 0 Å². The number of fused-ring (bicyclic) bond motifs is 15. The summed E-state index contributed by atoms with van der Waals surface area (Å²) in [7, 11) is 2.49. The molecule has 125 heavy (non-hydrogen) atoms. The molecule has 6 aromatic carbocycles. The van der Waals surface area contributed by atoms with Crippen molar-refractivity contribution in [3.63, 3.8) is 0 Å². The maximum absolute atomic E-state index is 16.3. The number of nitrogens with two attached hydrogens (primary N) is 1. The second-order valence-electron chi connectivity index (χ2n) is 30.7. The normalized spacial score (nSPS) is 26.0. The van der Waals surface area contributed by atoms with Gasteiger partial charge in [0.15, 0.2) is 23.9 Å². The van der Waals surface area contributed by atoms with Crippen LogP contribution in [0.4, 0.5) is 10.2 Å². The number of carbonyl (C=O) groups is 9. The number of phenolic OH excluding ortho intramolecular Hbond substituents is 3. The molecular formula is C82H89Cl3FN13O26. The van der Waals surface area contributed by atoms with Gasteiger partial charge >= 0.3 is 5.69 Å². The Hall–Kier alpha value is -11.7. The molecule has 43 heteroatoms. The van der Waals surface area contributed by atoms with Gasteiger partial charge in [0.2, 0.25) is 59.3 Å². The highest BCUT2D eigenvalue weighted by atomic mass is 35.5. The lowest BCUT2D eigenvalue weighted by atomic mass is 9.85. The van der Waals surface area contributed by atoms with Gasteiger partial charge in [0.25, 0.3) is 5.91 Å². The molecule has 2 fully saturated rings. The number of aromatic nitrogens is 2. The number of hydrogen-bond donors (Lipinski definition) is 20. The maximum Gasteiger partial charge on any atom is 0.349 e. The van der Waals surface area contributed by atoms with Crippen LogP contribution in [-0.4, -0.2) is 215 Å². The Labute approximate surface area is 724 Å². The van der Waals surface area contributed by atoms with Gasteiger partial charge in [0.1, 0.15) is 107 Å². The van der Waals surface area contributed by atoms with Crippen LogP contribution in [0.5, 0.6) is 46.0 Å². The molecule has 0 saturated carbocycles. The van der Waals surface area contributed by atoms with E-state index in [9.17, 15) is 74.3 Å². The number of carbonyl (C=O) groups excluding carboxylic acids is 9. The van der Waals surface area contributed by atoms with Gasteiger partial charge < -0.3 is 128 Å². The van der Waals surface area contributed by atoms with E-state index >= 15 is 24.0 Å². The highest BCUT2D eigenvalue weighted by molar-refractivity contribution is 6.32. The summed E-state index contributed by atoms with van der Waals surface area (Å²) in [5.74, 6) is -17.0. The first-order chi connectivity index (χ1) is 59.3. The van der Waals surface area contributed by atoms with Gasteiger partial charge in [0, 0.05) is 54.5 Å². The van der Waals surface area contributed by atoms with E-state index in [0.29, 0.717) is 5.56 Å². The predicted octanol–water partition coefficient (Wildman–Crippen LogP) is 2.03. The highest BCUT2D eigenvalue weighted by Crippen LogP contribution is 2.50. The Kier molecular flexibility index (Phi) is 29.0. The largest absolute Gasteiger partial charge is 0.508 e. The second kappa shape index (κ2) is 39.2. The molecule has 0 spiro atoms. The monoisotopic (exact) mass is 1800 g/mol. The lowest BCUT2D eigenvalue weighted by Gasteiger charge is -2.48. The first-order valence-corrected chi connectivity index (χ1v) is 40.0. The van der Waals surface area contributed by atoms with Crippen LogP contribution in [0.3, 0.4) is 0 Å². The smallest absolute Gasteiger partial charge is 0.349 e. The fraction of sp³-hybridized carbons (Fsp3) is 0.378. The molecule has 14 rings (SSSR count). The SMILES string of the molecule is CNC(CC(C)C)C(=O)NC1C(=O)NC(CC(N)=O)C(=O)NC2C(=O)NC3C(=O)NC(C(=O)NC(C(=O)NOC)c4cc(O)cc(O)c4-c4cc3ccc4O)C(O)c3ccc(c(Cl)c3)Oc3cc2cc(c3OC2OC(CO)C(O)C(O)C2OC2CC(C)(NCCn3ccc(NC(=O)/C=C/c4ccc(F)c(Cl)c4)nc3=O)C(O)C(C)O2)Oc2ccc(cc2Cl)C1O. The molecule has 2 saturated heterocycles. The van der Waals surface area contributed by atoms with Gasteiger partial charge in [-0.05, 0) is 145 Å². The number of anilines is 1. The fourth-order valence-electron chi connectivity index (χ4n) is 14.9. The third-order valence-electron chi connectivity index (χ3n) is 21.3. The summed E-state index contributed by atoms with van der Waals surface area (Å²) in [6, 6.07) is 4.61. The molecule has 18 unspecified atom stereocenters. The number of halogens is 4. The van der Waals surface area contributed by atoms with Crippen molar-refractivity contribution in [2.24, 2.45) is 11.7 Å². The minimum atomic E-state index is -2.40. The molecule has 0 radical (unpaired) electrons. The van der Waals surface area contributed by atoms with Gasteiger partial charge in [-0.15, -0.1) is 0 Å². The van der Waals surface area contributed by atoms with Gasteiger partial charge in [0.05, 0.1) is 53.5 Å². The zero-order valence-electron chi connectivity index (χ0n) is 67.1. The Bertz CT molecular complexity index is 5420. The van der Waals surface area contributed by atoms with Gasteiger partial charge in [-0.1, -0.05) is 72.9 Å². The third-order valence-corrected chi connectivity index (χ3v) is 22.2. The number of aliphatic hydroxyl groups excluding tert-OH is 6. The molecular weight excluding hydrogens is 1710 g/mol. The number of benzene rings is 6. The summed E-state index contributed by atoms with van der Waals surface area (Å²) in [6.45, 7) is 5.50. The molecule has 7 aliphatic heterocycles. The molecule has 11 bridgehead atoms. The van der Waals surface area contributed by atoms with Crippen LogP contribution in [0, 0.1) is 11.7 Å². The summed E-state index contributed by atoms with van der Waals surface area (Å²) in [6.07, 6.45) is -15.8. The predicted molar refractivity (Wildman–Crippen MR) is 438 cm³/mol. The number of primary amides is 1. The van der Waals surface area contributed by atoms with E-state index in [4.69, 9.17) is 73.8 Å². The average molecular weight is 1800 g/mol. The van der Waals surface area contributed by atoms with E-state index in [2.05, 4.69) is 58.3 Å². The Morgan fingerprint density at radius 3 is 2.02 bits per heavy atom. The summed E-state index contributed by atoms with van der Waals surface area (Å²) < 4.78 is 54.3. The van der Waals surface area contributed by atoms with Gasteiger partial charge in [-0.25, -0.2) is 14.7 Å². The van der Waals surface area contributed by atoms with E-state index in [1.54, 1.807) is 6.92 Å². The number of hydrogen-bond acceptors (Lipinski definition) is 29. The molecule has 666 valence electrons. The van der Waals surface area contributed by atoms with Crippen LogP contribution >= 0.6 is 34.8 Å². The van der Waals surface area contributed by atoms with Crippen molar-refractivity contribution < 1.29 is 127 Å². The van der Waals surface area contributed by atoms with Crippen molar-refractivity contribution in [3.8, 4) is 57.1 Å². The molecule has 1 aromatic heterocycles. The highest BCUT2D eigenvalue weighted by Gasteiger charge is 2.52. The number of nitrogens with zero attached hydrogens (tertiary/aromatic N) is 2. The minimum Gasteiger partial charge on any atom is -0.508 e. The summed E-state index contributed by atoms with van der Waals surface area (Å²) in [5, 5.41) is 129. The molecule has 21 N–H and O–H groups in total.